The molecule has 102 valence electrons. The van der Waals surface area contributed by atoms with Crippen LogP contribution >= 0.6 is 15.9 Å². The highest BCUT2D eigenvalue weighted by Crippen LogP contribution is 2.20. The van der Waals surface area contributed by atoms with Crippen LogP contribution in [-0.4, -0.2) is 28.6 Å². The molecule has 0 aliphatic heterocycles. The van der Waals surface area contributed by atoms with Gasteiger partial charge < -0.3 is 10.1 Å². The van der Waals surface area contributed by atoms with Gasteiger partial charge in [0.05, 0.1) is 16.7 Å². The molecule has 7 heteroatoms. The molecule has 0 amide bonds. The van der Waals surface area contributed by atoms with Crippen molar-refractivity contribution in [1.82, 2.24) is 20.3 Å². The number of hydrogen-bond donors (Lipinski definition) is 1. The summed E-state index contributed by atoms with van der Waals surface area (Å²) in [5, 5.41) is 10.9. The molecule has 0 unspecified atom stereocenters. The Balaban J connectivity index is 1.83. The van der Waals surface area contributed by atoms with Gasteiger partial charge in [-0.15, -0.1) is 5.10 Å². The lowest BCUT2D eigenvalue weighted by Gasteiger charge is -2.06. The molecular formula is C12H14BrFN4O. The highest BCUT2D eigenvalue weighted by Gasteiger charge is 2.02. The maximum absolute atomic E-state index is 13.3. The van der Waals surface area contributed by atoms with Crippen LogP contribution in [0.1, 0.15) is 5.69 Å². The van der Waals surface area contributed by atoms with Crippen LogP contribution in [0.4, 0.5) is 4.39 Å². The van der Waals surface area contributed by atoms with Crippen LogP contribution in [0.2, 0.25) is 0 Å². The van der Waals surface area contributed by atoms with E-state index in [2.05, 4.69) is 31.6 Å². The number of benzene rings is 1. The number of ether oxygens (including phenoxy) is 1. The summed E-state index contributed by atoms with van der Waals surface area (Å²) < 4.78 is 20.8. The average Bonchev–Trinajstić information content (AvgIpc) is 2.82. The number of halogens is 2. The molecule has 2 rings (SSSR count). The third-order valence-corrected chi connectivity index (χ3v) is 3.07. The Hall–Kier alpha value is -1.47. The van der Waals surface area contributed by atoms with Crippen molar-refractivity contribution in [3.8, 4) is 5.75 Å². The van der Waals surface area contributed by atoms with Crippen molar-refractivity contribution in [1.29, 1.82) is 0 Å². The highest BCUT2D eigenvalue weighted by molar-refractivity contribution is 9.10. The summed E-state index contributed by atoms with van der Waals surface area (Å²) in [5.41, 5.74) is 0.872. The van der Waals surface area contributed by atoms with E-state index in [0.717, 1.165) is 5.69 Å². The smallest absolute Gasteiger partial charge is 0.141 e. The van der Waals surface area contributed by atoms with Crippen LogP contribution in [0.15, 0.2) is 28.9 Å². The lowest BCUT2D eigenvalue weighted by Crippen LogP contribution is -2.09. The first-order valence-corrected chi connectivity index (χ1v) is 6.60. The molecule has 0 atom stereocenters. The zero-order valence-electron chi connectivity index (χ0n) is 10.4. The van der Waals surface area contributed by atoms with Crippen molar-refractivity contribution in [3.63, 3.8) is 0 Å². The van der Waals surface area contributed by atoms with Crippen molar-refractivity contribution >= 4 is 15.9 Å². The van der Waals surface area contributed by atoms with Gasteiger partial charge in [-0.05, 0) is 35.1 Å². The van der Waals surface area contributed by atoms with Crippen LogP contribution in [0.3, 0.4) is 0 Å². The first-order valence-electron chi connectivity index (χ1n) is 5.80. The molecule has 1 N–H and O–H groups in total. The molecule has 19 heavy (non-hydrogen) atoms. The zero-order chi connectivity index (χ0) is 13.7. The summed E-state index contributed by atoms with van der Waals surface area (Å²) >= 11 is 3.09. The Morgan fingerprint density at radius 2 is 2.32 bits per heavy atom. The number of hydrogen-bond acceptors (Lipinski definition) is 4. The molecule has 1 aromatic carbocycles. The predicted octanol–water partition coefficient (Wildman–Crippen LogP) is 1.98. The minimum absolute atomic E-state index is 0.338. The number of nitrogens with one attached hydrogen (secondary N) is 1. The summed E-state index contributed by atoms with van der Waals surface area (Å²) in [4.78, 5) is 0. The second-order valence-corrected chi connectivity index (χ2v) is 4.78. The van der Waals surface area contributed by atoms with Gasteiger partial charge in [-0.1, -0.05) is 5.21 Å². The molecule has 0 radical (unpaired) electrons. The second kappa shape index (κ2) is 6.63. The zero-order valence-corrected chi connectivity index (χ0v) is 12.0. The van der Waals surface area contributed by atoms with Crippen LogP contribution in [0.5, 0.6) is 5.75 Å². The van der Waals surface area contributed by atoms with Crippen molar-refractivity contribution in [2.75, 3.05) is 13.7 Å². The molecule has 0 spiro atoms. The molecule has 0 aliphatic rings. The van der Waals surface area contributed by atoms with E-state index in [4.69, 9.17) is 4.74 Å². The average molecular weight is 329 g/mol. The molecular weight excluding hydrogens is 315 g/mol. The van der Waals surface area contributed by atoms with Crippen LogP contribution in [-0.2, 0) is 13.1 Å². The second-order valence-electron chi connectivity index (χ2n) is 3.93. The molecule has 0 saturated heterocycles. The van der Waals surface area contributed by atoms with E-state index in [-0.39, 0.29) is 5.82 Å². The Morgan fingerprint density at radius 1 is 1.47 bits per heavy atom. The van der Waals surface area contributed by atoms with Gasteiger partial charge in [0.25, 0.3) is 0 Å². The summed E-state index contributed by atoms with van der Waals surface area (Å²) in [5.74, 6) is 0.158. The molecule has 1 aromatic heterocycles. The van der Waals surface area contributed by atoms with E-state index in [1.54, 1.807) is 16.8 Å². The molecule has 2 aromatic rings. The maximum atomic E-state index is 13.3. The van der Waals surface area contributed by atoms with Gasteiger partial charge >= 0.3 is 0 Å². The molecule has 0 saturated carbocycles. The molecule has 5 nitrogen and oxygen atoms in total. The monoisotopic (exact) mass is 328 g/mol. The van der Waals surface area contributed by atoms with Crippen LogP contribution < -0.4 is 10.1 Å². The number of nitrogens with zero attached hydrogens (tertiary/aromatic N) is 3. The summed E-state index contributed by atoms with van der Waals surface area (Å²) in [6.07, 6.45) is 1.85. The highest BCUT2D eigenvalue weighted by atomic mass is 79.9. The van der Waals surface area contributed by atoms with Crippen molar-refractivity contribution in [2.45, 2.75) is 13.1 Å². The third kappa shape index (κ3) is 4.00. The van der Waals surface area contributed by atoms with Crippen molar-refractivity contribution in [2.24, 2.45) is 0 Å². The lowest BCUT2D eigenvalue weighted by atomic mass is 10.3. The Kier molecular flexibility index (Phi) is 4.86. The van der Waals surface area contributed by atoms with E-state index in [9.17, 15) is 4.39 Å². The maximum Gasteiger partial charge on any atom is 0.141 e. The number of rotatable bonds is 6. The minimum Gasteiger partial charge on any atom is -0.492 e. The van der Waals surface area contributed by atoms with E-state index in [1.807, 2.05) is 13.2 Å². The van der Waals surface area contributed by atoms with Gasteiger partial charge in [-0.2, -0.15) is 0 Å². The first kappa shape index (κ1) is 14.0. The molecule has 0 bridgehead atoms. The Bertz CT molecular complexity index is 546. The fourth-order valence-corrected chi connectivity index (χ4v) is 1.78. The fraction of sp³-hybridized carbons (Fsp3) is 0.333. The van der Waals surface area contributed by atoms with Crippen molar-refractivity contribution < 1.29 is 9.13 Å². The van der Waals surface area contributed by atoms with Crippen LogP contribution in [0, 0.1) is 5.82 Å². The predicted molar refractivity (Wildman–Crippen MR) is 72.4 cm³/mol. The molecule has 0 fully saturated rings. The SMILES string of the molecule is CNCc1cn(CCOc2ccc(Br)c(F)c2)nn1. The van der Waals surface area contributed by atoms with Gasteiger partial charge in [0.15, 0.2) is 0 Å². The normalized spacial score (nSPS) is 10.7. The van der Waals surface area contributed by atoms with E-state index in [0.29, 0.717) is 29.9 Å². The van der Waals surface area contributed by atoms with E-state index >= 15 is 0 Å². The Labute approximate surface area is 118 Å². The van der Waals surface area contributed by atoms with Gasteiger partial charge in [0.2, 0.25) is 0 Å². The molecule has 0 aliphatic carbocycles. The third-order valence-electron chi connectivity index (χ3n) is 2.42. The summed E-state index contributed by atoms with van der Waals surface area (Å²) in [6.45, 7) is 1.65. The number of aromatic nitrogens is 3. The molecule has 1 heterocycles. The van der Waals surface area contributed by atoms with Gasteiger partial charge in [0, 0.05) is 18.8 Å². The largest absolute Gasteiger partial charge is 0.492 e. The van der Waals surface area contributed by atoms with Crippen molar-refractivity contribution in [3.05, 3.63) is 40.4 Å². The summed E-state index contributed by atoms with van der Waals surface area (Å²) in [7, 11) is 1.85. The van der Waals surface area contributed by atoms with Crippen LogP contribution in [0.25, 0.3) is 0 Å². The van der Waals surface area contributed by atoms with Gasteiger partial charge in [-0.25, -0.2) is 9.07 Å². The lowest BCUT2D eigenvalue weighted by molar-refractivity contribution is 0.288. The van der Waals surface area contributed by atoms with Gasteiger partial charge in [-0.3, -0.25) is 0 Å². The van der Waals surface area contributed by atoms with E-state index < -0.39 is 0 Å². The summed E-state index contributed by atoms with van der Waals surface area (Å²) in [6, 6.07) is 4.67. The Morgan fingerprint density at radius 3 is 3.05 bits per heavy atom. The quantitative estimate of drug-likeness (QED) is 0.881. The minimum atomic E-state index is -0.338. The first-order chi connectivity index (χ1) is 9.19. The topological polar surface area (TPSA) is 52.0 Å². The fourth-order valence-electron chi connectivity index (χ4n) is 1.53. The van der Waals surface area contributed by atoms with E-state index in [1.165, 1.54) is 6.07 Å². The van der Waals surface area contributed by atoms with Gasteiger partial charge in [0.1, 0.15) is 18.2 Å². The standard InChI is InChI=1S/C12H14BrFN4O/c1-15-7-9-8-18(17-16-9)4-5-19-10-2-3-11(13)12(14)6-10/h2-3,6,8,15H,4-5,7H2,1H3.